The number of hydrogen-bond donors (Lipinski definition) is 2. The van der Waals surface area contributed by atoms with Gasteiger partial charge in [-0.2, -0.15) is 5.10 Å². The van der Waals surface area contributed by atoms with E-state index >= 15 is 0 Å². The van der Waals surface area contributed by atoms with Crippen LogP contribution in [0.1, 0.15) is 39.0 Å². The van der Waals surface area contributed by atoms with Gasteiger partial charge in [0.15, 0.2) is 0 Å². The van der Waals surface area contributed by atoms with Crippen molar-refractivity contribution in [2.75, 3.05) is 27.4 Å². The maximum absolute atomic E-state index is 8.97. The normalized spacial score (nSPS) is 9.94. The first-order valence-corrected chi connectivity index (χ1v) is 10.00. The summed E-state index contributed by atoms with van der Waals surface area (Å²) in [6.45, 7) is 12.6. The van der Waals surface area contributed by atoms with Crippen LogP contribution in [0.3, 0.4) is 0 Å². The van der Waals surface area contributed by atoms with Crippen molar-refractivity contribution in [3.63, 3.8) is 0 Å². The van der Waals surface area contributed by atoms with Crippen LogP contribution in [0.5, 0.6) is 0 Å². The molecular formula is C25H39N3O3. The van der Waals surface area contributed by atoms with Crippen LogP contribution in [0.2, 0.25) is 0 Å². The molecule has 0 unspecified atom stereocenters. The number of nitrogens with two attached hydrogens (primary N) is 1. The quantitative estimate of drug-likeness (QED) is 0.385. The maximum Gasteiger partial charge on any atom is 0.0739 e. The Balaban J connectivity index is 0. The summed E-state index contributed by atoms with van der Waals surface area (Å²) in [4.78, 5) is 3.75. The number of methoxy groups -OCH3 is 1. The van der Waals surface area contributed by atoms with Gasteiger partial charge in [0.25, 0.3) is 0 Å². The van der Waals surface area contributed by atoms with Crippen molar-refractivity contribution in [2.45, 2.75) is 40.5 Å². The number of hydrogen-bond acceptors (Lipinski definition) is 5. The summed E-state index contributed by atoms with van der Waals surface area (Å²) >= 11 is 0. The van der Waals surface area contributed by atoms with E-state index in [1.165, 1.54) is 7.11 Å². The van der Waals surface area contributed by atoms with E-state index in [0.29, 0.717) is 13.0 Å². The highest BCUT2D eigenvalue weighted by Gasteiger charge is 2.10. The molecular weight excluding hydrogens is 390 g/mol. The highest BCUT2D eigenvalue weighted by molar-refractivity contribution is 5.65. The Morgan fingerprint density at radius 2 is 1.77 bits per heavy atom. The molecule has 1 heterocycles. The summed E-state index contributed by atoms with van der Waals surface area (Å²) in [5.74, 6) is 4.35. The predicted molar refractivity (Wildman–Crippen MR) is 131 cm³/mol. The third-order valence-corrected chi connectivity index (χ3v) is 3.91. The number of terminal acetylenes is 1. The van der Waals surface area contributed by atoms with Gasteiger partial charge in [-0.1, -0.05) is 49.4 Å². The molecule has 1 aromatic heterocycles. The number of ether oxygens (including phenoxy) is 1. The number of nitrogens with zero attached hydrogens (tertiary/aromatic N) is 2. The van der Waals surface area contributed by atoms with E-state index in [-0.39, 0.29) is 6.61 Å². The summed E-state index contributed by atoms with van der Waals surface area (Å²) in [7, 11) is 3.06. The number of aliphatic hydroxyl groups is 1. The molecule has 31 heavy (non-hydrogen) atoms. The fourth-order valence-electron chi connectivity index (χ4n) is 2.42. The smallest absolute Gasteiger partial charge is 0.0739 e. The van der Waals surface area contributed by atoms with Crippen molar-refractivity contribution in [1.29, 1.82) is 0 Å². The molecule has 0 aliphatic heterocycles. The van der Waals surface area contributed by atoms with Crippen molar-refractivity contribution in [1.82, 2.24) is 9.78 Å². The molecule has 0 spiro atoms. The standard InChI is InChI=1S/C17H22N2O.C5H10O.C2H2.CH5NO/c1-4-13(3)19-17(12-16(5-2)18-19)15-8-6-14(7-9-15)10-11-20;1-5(2)4-6-3;1-2;1-3-2/h4,6-9,12,20H,5,10-11H2,1-3H3;1,4H2,2-3H3;1-2H;2H2,1H3/b13-4+;;;. The maximum atomic E-state index is 8.97. The predicted octanol–water partition coefficient (Wildman–Crippen LogP) is 4.49. The molecule has 0 bridgehead atoms. The average molecular weight is 430 g/mol. The Morgan fingerprint density at radius 3 is 2.13 bits per heavy atom. The summed E-state index contributed by atoms with van der Waals surface area (Å²) in [5.41, 5.74) is 6.71. The number of allylic oxidation sites excluding steroid dienone is 2. The Hall–Kier alpha value is -2.69. The third-order valence-electron chi connectivity index (χ3n) is 3.91. The van der Waals surface area contributed by atoms with Gasteiger partial charge >= 0.3 is 0 Å². The van der Waals surface area contributed by atoms with E-state index < -0.39 is 0 Å². The van der Waals surface area contributed by atoms with E-state index in [9.17, 15) is 0 Å². The van der Waals surface area contributed by atoms with Crippen LogP contribution < -0.4 is 5.90 Å². The van der Waals surface area contributed by atoms with Crippen LogP contribution in [0, 0.1) is 12.8 Å². The van der Waals surface area contributed by atoms with E-state index in [2.05, 4.69) is 85.5 Å². The third kappa shape index (κ3) is 12.6. The summed E-state index contributed by atoms with van der Waals surface area (Å²) in [6.07, 6.45) is 11.7. The van der Waals surface area contributed by atoms with Crippen molar-refractivity contribution in [3.05, 3.63) is 59.8 Å². The second kappa shape index (κ2) is 19.3. The Labute approximate surface area is 188 Å². The molecule has 6 heteroatoms. The monoisotopic (exact) mass is 429 g/mol. The molecule has 0 aliphatic rings. The zero-order valence-corrected chi connectivity index (χ0v) is 19.9. The number of aliphatic hydroxyl groups excluding tert-OH is 1. The minimum Gasteiger partial charge on any atom is -0.396 e. The van der Waals surface area contributed by atoms with Gasteiger partial charge in [-0.15, -0.1) is 12.8 Å². The summed E-state index contributed by atoms with van der Waals surface area (Å²) in [6, 6.07) is 10.5. The first-order valence-electron chi connectivity index (χ1n) is 10.00. The van der Waals surface area contributed by atoms with Gasteiger partial charge in [-0.05, 0) is 45.2 Å². The van der Waals surface area contributed by atoms with Gasteiger partial charge in [0.2, 0.25) is 0 Å². The zero-order chi connectivity index (χ0) is 24.2. The Kier molecular flexibility index (Phi) is 19.0. The van der Waals surface area contributed by atoms with Crippen LogP contribution in [0.4, 0.5) is 0 Å². The molecule has 6 nitrogen and oxygen atoms in total. The van der Waals surface area contributed by atoms with Crippen LogP contribution in [-0.2, 0) is 22.4 Å². The second-order valence-electron chi connectivity index (χ2n) is 6.51. The summed E-state index contributed by atoms with van der Waals surface area (Å²) < 4.78 is 6.70. The molecule has 3 N–H and O–H groups in total. The molecule has 0 fully saturated rings. The van der Waals surface area contributed by atoms with E-state index in [4.69, 9.17) is 9.84 Å². The number of aromatic nitrogens is 2. The van der Waals surface area contributed by atoms with Crippen molar-refractivity contribution in [3.8, 4) is 24.1 Å². The SMILES string of the molecule is C#C.C/C=C(\C)n1nc(CC)cc1-c1ccc(CCO)cc1.C=C(C)COC.CON. The van der Waals surface area contributed by atoms with Crippen LogP contribution in [0.25, 0.3) is 17.0 Å². The van der Waals surface area contributed by atoms with Gasteiger partial charge in [0.1, 0.15) is 0 Å². The minimum absolute atomic E-state index is 0.189. The molecule has 2 rings (SSSR count). The minimum atomic E-state index is 0.189. The molecule has 0 saturated heterocycles. The van der Waals surface area contributed by atoms with E-state index in [0.717, 1.165) is 40.2 Å². The number of rotatable bonds is 7. The lowest BCUT2D eigenvalue weighted by Crippen LogP contribution is -1.99. The summed E-state index contributed by atoms with van der Waals surface area (Å²) in [5, 5.41) is 13.6. The highest BCUT2D eigenvalue weighted by atomic mass is 16.6. The highest BCUT2D eigenvalue weighted by Crippen LogP contribution is 2.24. The van der Waals surface area contributed by atoms with Crippen LogP contribution in [0.15, 0.2) is 48.6 Å². The fourth-order valence-corrected chi connectivity index (χ4v) is 2.42. The number of aryl methyl sites for hydroxylation is 1. The van der Waals surface area contributed by atoms with Gasteiger partial charge < -0.3 is 14.7 Å². The van der Waals surface area contributed by atoms with Crippen molar-refractivity contribution < 1.29 is 14.7 Å². The lowest BCUT2D eigenvalue weighted by Gasteiger charge is -2.08. The molecule has 172 valence electrons. The molecule has 0 radical (unpaired) electrons. The van der Waals surface area contributed by atoms with Gasteiger partial charge in [-0.3, -0.25) is 0 Å². The largest absolute Gasteiger partial charge is 0.396 e. The van der Waals surface area contributed by atoms with E-state index in [1.807, 2.05) is 18.5 Å². The zero-order valence-electron chi connectivity index (χ0n) is 19.9. The van der Waals surface area contributed by atoms with Crippen molar-refractivity contribution in [2.24, 2.45) is 5.90 Å². The molecule has 0 atom stereocenters. The molecule has 2 aromatic rings. The van der Waals surface area contributed by atoms with Gasteiger partial charge in [0.05, 0.1) is 25.1 Å². The fraction of sp³-hybridized carbons (Fsp3) is 0.400. The van der Waals surface area contributed by atoms with Crippen LogP contribution >= 0.6 is 0 Å². The molecule has 1 aromatic carbocycles. The van der Waals surface area contributed by atoms with E-state index in [1.54, 1.807) is 7.11 Å². The van der Waals surface area contributed by atoms with Gasteiger partial charge in [0, 0.05) is 25.0 Å². The number of benzene rings is 1. The molecule has 0 saturated carbocycles. The van der Waals surface area contributed by atoms with Gasteiger partial charge in [-0.25, -0.2) is 10.6 Å². The first-order chi connectivity index (χ1) is 14.9. The molecule has 0 amide bonds. The molecule has 0 aliphatic carbocycles. The lowest BCUT2D eigenvalue weighted by molar-refractivity contribution is 0.206. The lowest BCUT2D eigenvalue weighted by atomic mass is 10.1. The van der Waals surface area contributed by atoms with Crippen molar-refractivity contribution >= 4 is 5.70 Å². The second-order valence-corrected chi connectivity index (χ2v) is 6.51. The first kappa shape index (κ1) is 30.5. The van der Waals surface area contributed by atoms with Crippen LogP contribution in [-0.4, -0.2) is 42.3 Å². The Bertz CT molecular complexity index is 775. The topological polar surface area (TPSA) is 82.5 Å². The Morgan fingerprint density at radius 1 is 1.23 bits per heavy atom. The average Bonchev–Trinajstić information content (AvgIpc) is 3.21.